The van der Waals surface area contributed by atoms with Gasteiger partial charge in [-0.05, 0) is 13.8 Å². The summed E-state index contributed by atoms with van der Waals surface area (Å²) in [6, 6.07) is 0. The lowest BCUT2D eigenvalue weighted by atomic mass is 10.00. The van der Waals surface area contributed by atoms with E-state index in [-0.39, 0.29) is 6.61 Å². The van der Waals surface area contributed by atoms with Crippen LogP contribution < -0.4 is 0 Å². The van der Waals surface area contributed by atoms with E-state index >= 15 is 0 Å². The predicted octanol–water partition coefficient (Wildman–Crippen LogP) is 1.70. The second kappa shape index (κ2) is 3.92. The first kappa shape index (κ1) is 12.7. The molecule has 0 aromatic carbocycles. The van der Waals surface area contributed by atoms with Crippen LogP contribution >= 0.6 is 0 Å². The molecule has 0 spiro atoms. The third-order valence-electron chi connectivity index (χ3n) is 2.44. The molecule has 6 heteroatoms. The van der Waals surface area contributed by atoms with E-state index < -0.39 is 30.1 Å². The first-order valence-electron chi connectivity index (χ1n) is 4.70. The fourth-order valence-electron chi connectivity index (χ4n) is 1.40. The van der Waals surface area contributed by atoms with Gasteiger partial charge in [-0.3, -0.25) is 0 Å². The van der Waals surface area contributed by atoms with Crippen molar-refractivity contribution < 1.29 is 27.8 Å². The minimum atomic E-state index is -4.42. The highest BCUT2D eigenvalue weighted by Crippen LogP contribution is 2.33. The summed E-state index contributed by atoms with van der Waals surface area (Å²) in [4.78, 5) is 0. The zero-order valence-electron chi connectivity index (χ0n) is 8.84. The quantitative estimate of drug-likeness (QED) is 0.781. The molecule has 1 aliphatic rings. The van der Waals surface area contributed by atoms with E-state index in [4.69, 9.17) is 9.47 Å². The van der Waals surface area contributed by atoms with Gasteiger partial charge >= 0.3 is 6.18 Å². The largest absolute Gasteiger partial charge is 0.394 e. The first-order valence-corrected chi connectivity index (χ1v) is 4.70. The van der Waals surface area contributed by atoms with Gasteiger partial charge in [-0.25, -0.2) is 0 Å². The Morgan fingerprint density at radius 3 is 2.27 bits per heavy atom. The molecule has 1 saturated heterocycles. The number of ether oxygens (including phenoxy) is 2. The summed E-state index contributed by atoms with van der Waals surface area (Å²) in [6.45, 7) is 4.10. The molecule has 1 rings (SSSR count). The van der Waals surface area contributed by atoms with Crippen molar-refractivity contribution in [1.29, 1.82) is 0 Å². The Bertz CT molecular complexity index is 227. The van der Waals surface area contributed by atoms with E-state index in [2.05, 4.69) is 0 Å². The molecule has 90 valence electrons. The van der Waals surface area contributed by atoms with Crippen molar-refractivity contribution in [2.75, 3.05) is 6.61 Å². The van der Waals surface area contributed by atoms with E-state index in [0.717, 1.165) is 6.92 Å². The lowest BCUT2D eigenvalue weighted by molar-refractivity contribution is -0.216. The number of hydrogen-bond donors (Lipinski definition) is 1. The van der Waals surface area contributed by atoms with Crippen LogP contribution in [0.15, 0.2) is 0 Å². The summed E-state index contributed by atoms with van der Waals surface area (Å²) in [5.41, 5.74) is 0. The van der Waals surface area contributed by atoms with Gasteiger partial charge < -0.3 is 14.6 Å². The Labute approximate surface area is 86.2 Å². The summed E-state index contributed by atoms with van der Waals surface area (Å²) < 4.78 is 47.1. The number of aliphatic hydroxyl groups excluding tert-OH is 1. The van der Waals surface area contributed by atoms with Crippen LogP contribution in [-0.4, -0.2) is 35.9 Å². The van der Waals surface area contributed by atoms with E-state index in [1.807, 2.05) is 0 Å². The summed E-state index contributed by atoms with van der Waals surface area (Å²) in [6.07, 6.45) is -6.93. The fraction of sp³-hybridized carbons (Fsp3) is 1.00. The molecule has 1 aliphatic heterocycles. The molecule has 0 saturated carbocycles. The molecule has 0 unspecified atom stereocenters. The third-order valence-corrected chi connectivity index (χ3v) is 2.44. The van der Waals surface area contributed by atoms with Crippen LogP contribution in [0.1, 0.15) is 20.8 Å². The van der Waals surface area contributed by atoms with E-state index in [1.165, 1.54) is 0 Å². The lowest BCUT2D eigenvalue weighted by Crippen LogP contribution is -2.41. The van der Waals surface area contributed by atoms with Crippen LogP contribution in [0.2, 0.25) is 0 Å². The van der Waals surface area contributed by atoms with E-state index in [0.29, 0.717) is 0 Å². The fourth-order valence-corrected chi connectivity index (χ4v) is 1.40. The Morgan fingerprint density at radius 1 is 1.40 bits per heavy atom. The van der Waals surface area contributed by atoms with Crippen LogP contribution in [-0.2, 0) is 9.47 Å². The molecule has 0 aromatic heterocycles. The van der Waals surface area contributed by atoms with E-state index in [1.54, 1.807) is 13.8 Å². The van der Waals surface area contributed by atoms with Crippen molar-refractivity contribution in [3.63, 3.8) is 0 Å². The Balaban J connectivity index is 2.59. The monoisotopic (exact) mass is 228 g/mol. The first-order chi connectivity index (χ1) is 6.63. The molecule has 15 heavy (non-hydrogen) atoms. The summed E-state index contributed by atoms with van der Waals surface area (Å²) >= 11 is 0. The normalized spacial score (nSPS) is 30.2. The highest BCUT2D eigenvalue weighted by molar-refractivity contribution is 4.83. The molecule has 0 aliphatic carbocycles. The SMILES string of the molecule is C[C@H]([C@H](O)[C@H]1COC(C)(C)O1)C(F)(F)F. The summed E-state index contributed by atoms with van der Waals surface area (Å²) in [5, 5.41) is 9.46. The van der Waals surface area contributed by atoms with Crippen LogP contribution in [0.4, 0.5) is 13.2 Å². The van der Waals surface area contributed by atoms with Crippen molar-refractivity contribution in [3.05, 3.63) is 0 Å². The van der Waals surface area contributed by atoms with Crippen molar-refractivity contribution >= 4 is 0 Å². The molecule has 1 heterocycles. The minimum absolute atomic E-state index is 0.0193. The number of aliphatic hydroxyl groups is 1. The highest BCUT2D eigenvalue weighted by Gasteiger charge is 2.47. The van der Waals surface area contributed by atoms with Crippen LogP contribution in [0, 0.1) is 5.92 Å². The molecule has 3 nitrogen and oxygen atoms in total. The molecular formula is C9H15F3O3. The van der Waals surface area contributed by atoms with Crippen molar-refractivity contribution in [2.45, 2.75) is 44.9 Å². The zero-order valence-corrected chi connectivity index (χ0v) is 8.84. The Morgan fingerprint density at radius 2 is 1.93 bits per heavy atom. The van der Waals surface area contributed by atoms with Gasteiger partial charge in [0, 0.05) is 0 Å². The van der Waals surface area contributed by atoms with Gasteiger partial charge in [-0.2, -0.15) is 13.2 Å². The number of rotatable bonds is 2. The van der Waals surface area contributed by atoms with Crippen LogP contribution in [0.25, 0.3) is 0 Å². The highest BCUT2D eigenvalue weighted by atomic mass is 19.4. The van der Waals surface area contributed by atoms with Gasteiger partial charge in [-0.1, -0.05) is 6.92 Å². The second-order valence-corrected chi connectivity index (χ2v) is 4.19. The van der Waals surface area contributed by atoms with Crippen LogP contribution in [0.5, 0.6) is 0 Å². The van der Waals surface area contributed by atoms with Crippen LogP contribution in [0.3, 0.4) is 0 Å². The standard InChI is InChI=1S/C9H15F3O3/c1-5(9(10,11)12)7(13)6-4-14-8(2,3)15-6/h5-7,13H,4H2,1-3H3/t5-,6-,7+/m1/s1. The van der Waals surface area contributed by atoms with Gasteiger partial charge in [-0.15, -0.1) is 0 Å². The zero-order chi connectivity index (χ0) is 11.9. The van der Waals surface area contributed by atoms with Crippen molar-refractivity contribution in [3.8, 4) is 0 Å². The number of alkyl halides is 3. The summed E-state index contributed by atoms with van der Waals surface area (Å²) in [7, 11) is 0. The Kier molecular flexibility index (Phi) is 3.33. The molecule has 3 atom stereocenters. The molecule has 1 N–H and O–H groups in total. The van der Waals surface area contributed by atoms with Crippen molar-refractivity contribution in [2.24, 2.45) is 5.92 Å². The smallest absolute Gasteiger partial charge is 0.390 e. The maximum Gasteiger partial charge on any atom is 0.394 e. The molecule has 0 radical (unpaired) electrons. The summed E-state index contributed by atoms with van der Waals surface area (Å²) in [5.74, 6) is -2.74. The molecular weight excluding hydrogens is 213 g/mol. The van der Waals surface area contributed by atoms with Gasteiger partial charge in [0.05, 0.1) is 18.6 Å². The molecule has 1 fully saturated rings. The number of halogens is 3. The topological polar surface area (TPSA) is 38.7 Å². The maximum absolute atomic E-state index is 12.3. The van der Waals surface area contributed by atoms with E-state index in [9.17, 15) is 18.3 Å². The van der Waals surface area contributed by atoms with Gasteiger partial charge in [0.25, 0.3) is 0 Å². The third kappa shape index (κ3) is 3.06. The molecule has 0 amide bonds. The number of hydrogen-bond acceptors (Lipinski definition) is 3. The second-order valence-electron chi connectivity index (χ2n) is 4.19. The predicted molar refractivity (Wildman–Crippen MR) is 46.1 cm³/mol. The average Bonchev–Trinajstić information content (AvgIpc) is 2.42. The maximum atomic E-state index is 12.3. The average molecular weight is 228 g/mol. The minimum Gasteiger partial charge on any atom is -0.390 e. The molecule has 0 aromatic rings. The van der Waals surface area contributed by atoms with Crippen molar-refractivity contribution in [1.82, 2.24) is 0 Å². The van der Waals surface area contributed by atoms with Gasteiger partial charge in [0.15, 0.2) is 5.79 Å². The van der Waals surface area contributed by atoms with Gasteiger partial charge in [0.2, 0.25) is 0 Å². The lowest BCUT2D eigenvalue weighted by Gasteiger charge is -2.26. The Hall–Kier alpha value is -0.330. The van der Waals surface area contributed by atoms with Gasteiger partial charge in [0.1, 0.15) is 6.10 Å². The molecule has 0 bridgehead atoms.